The Morgan fingerprint density at radius 1 is 1.45 bits per heavy atom. The summed E-state index contributed by atoms with van der Waals surface area (Å²) in [5.74, 6) is -0.487. The van der Waals surface area contributed by atoms with E-state index in [1.807, 2.05) is 6.92 Å². The summed E-state index contributed by atoms with van der Waals surface area (Å²) in [7, 11) is 0. The fraction of sp³-hybridized carbons (Fsp3) is 0.286. The van der Waals surface area contributed by atoms with Crippen molar-refractivity contribution >= 4 is 5.91 Å². The maximum absolute atomic E-state index is 13.5. The van der Waals surface area contributed by atoms with Crippen molar-refractivity contribution in [2.24, 2.45) is 0 Å². The van der Waals surface area contributed by atoms with Crippen molar-refractivity contribution in [3.63, 3.8) is 0 Å². The number of ether oxygens (including phenoxy) is 1. The third kappa shape index (κ3) is 3.57. The lowest BCUT2D eigenvalue weighted by atomic mass is 10.2. The van der Waals surface area contributed by atoms with E-state index < -0.39 is 5.82 Å². The molecule has 0 aliphatic rings. The Hall–Kier alpha value is -2.37. The first-order chi connectivity index (χ1) is 9.70. The second kappa shape index (κ2) is 6.70. The Balaban J connectivity index is 1.90. The summed E-state index contributed by atoms with van der Waals surface area (Å²) in [6.07, 6.45) is 1.86. The predicted octanol–water partition coefficient (Wildman–Crippen LogP) is 2.14. The number of carbonyl (C=O) groups is 1. The van der Waals surface area contributed by atoms with Gasteiger partial charge in [-0.25, -0.2) is 4.39 Å². The van der Waals surface area contributed by atoms with E-state index in [1.165, 1.54) is 12.3 Å². The minimum Gasteiger partial charge on any atom is -0.486 e. The van der Waals surface area contributed by atoms with Crippen LogP contribution < -0.4 is 10.1 Å². The van der Waals surface area contributed by atoms with Gasteiger partial charge in [-0.1, -0.05) is 19.1 Å². The molecule has 0 fully saturated rings. The van der Waals surface area contributed by atoms with Crippen molar-refractivity contribution < 1.29 is 13.9 Å². The van der Waals surface area contributed by atoms with Crippen molar-refractivity contribution in [3.8, 4) is 5.75 Å². The van der Waals surface area contributed by atoms with E-state index in [2.05, 4.69) is 15.5 Å². The third-order valence-corrected chi connectivity index (χ3v) is 2.82. The molecule has 1 aromatic carbocycles. The van der Waals surface area contributed by atoms with Crippen LogP contribution >= 0.6 is 0 Å². The molecule has 0 spiro atoms. The summed E-state index contributed by atoms with van der Waals surface area (Å²) in [6, 6.07) is 7.78. The first-order valence-corrected chi connectivity index (χ1v) is 6.39. The van der Waals surface area contributed by atoms with Crippen LogP contribution in [0, 0.1) is 5.82 Å². The molecule has 1 atom stereocenters. The van der Waals surface area contributed by atoms with Gasteiger partial charge in [-0.2, -0.15) is 5.10 Å². The summed E-state index contributed by atoms with van der Waals surface area (Å²) in [5, 5.41) is 9.00. The first-order valence-electron chi connectivity index (χ1n) is 6.39. The zero-order valence-corrected chi connectivity index (χ0v) is 11.1. The molecule has 0 saturated heterocycles. The average Bonchev–Trinajstić information content (AvgIpc) is 2.99. The minimum atomic E-state index is -0.411. The van der Waals surface area contributed by atoms with Crippen LogP contribution in [0.25, 0.3) is 0 Å². The number of hydrogen-bond acceptors (Lipinski definition) is 3. The fourth-order valence-electron chi connectivity index (χ4n) is 1.67. The lowest BCUT2D eigenvalue weighted by molar-refractivity contribution is 0.0919. The molecule has 106 valence electrons. The molecule has 0 bridgehead atoms. The number of nitrogens with zero attached hydrogens (tertiary/aromatic N) is 1. The van der Waals surface area contributed by atoms with Crippen LogP contribution in [0.2, 0.25) is 0 Å². The highest BCUT2D eigenvalue weighted by molar-refractivity contribution is 5.92. The fourth-order valence-corrected chi connectivity index (χ4v) is 1.67. The normalized spacial score (nSPS) is 11.9. The van der Waals surface area contributed by atoms with Gasteiger partial charge in [-0.05, 0) is 24.6 Å². The summed E-state index contributed by atoms with van der Waals surface area (Å²) in [5.41, 5.74) is 0.380. The molecule has 2 rings (SSSR count). The van der Waals surface area contributed by atoms with Crippen molar-refractivity contribution in [3.05, 3.63) is 48.0 Å². The van der Waals surface area contributed by atoms with Gasteiger partial charge in [0.1, 0.15) is 11.8 Å². The van der Waals surface area contributed by atoms with Gasteiger partial charge in [0, 0.05) is 6.20 Å². The molecule has 1 heterocycles. The molecule has 2 aromatic rings. The minimum absolute atomic E-state index is 0.190. The summed E-state index contributed by atoms with van der Waals surface area (Å²) < 4.78 is 19.0. The van der Waals surface area contributed by atoms with Crippen molar-refractivity contribution in [2.75, 3.05) is 6.54 Å². The molecule has 6 heteroatoms. The second-order valence-corrected chi connectivity index (χ2v) is 4.26. The molecule has 2 N–H and O–H groups in total. The van der Waals surface area contributed by atoms with Gasteiger partial charge in [0.15, 0.2) is 11.6 Å². The van der Waals surface area contributed by atoms with Gasteiger partial charge >= 0.3 is 0 Å². The molecule has 0 unspecified atom stereocenters. The van der Waals surface area contributed by atoms with Crippen LogP contribution in [0.1, 0.15) is 23.8 Å². The number of halogens is 1. The van der Waals surface area contributed by atoms with Gasteiger partial charge in [0.05, 0.1) is 6.54 Å². The summed E-state index contributed by atoms with van der Waals surface area (Å²) >= 11 is 0. The lowest BCUT2D eigenvalue weighted by Gasteiger charge is -2.18. The molecule has 20 heavy (non-hydrogen) atoms. The SMILES string of the molecule is CC[C@@H](CNC(=O)c1ccn[nH]1)Oc1ccccc1F. The van der Waals surface area contributed by atoms with Crippen LogP contribution in [0.5, 0.6) is 5.75 Å². The highest BCUT2D eigenvalue weighted by Gasteiger charge is 2.13. The number of aromatic amines is 1. The molecular weight excluding hydrogens is 261 g/mol. The molecule has 1 amide bonds. The van der Waals surface area contributed by atoms with E-state index in [-0.39, 0.29) is 17.8 Å². The Morgan fingerprint density at radius 3 is 2.90 bits per heavy atom. The van der Waals surface area contributed by atoms with Crippen LogP contribution in [0.3, 0.4) is 0 Å². The van der Waals surface area contributed by atoms with E-state index in [4.69, 9.17) is 4.74 Å². The second-order valence-electron chi connectivity index (χ2n) is 4.26. The summed E-state index contributed by atoms with van der Waals surface area (Å²) in [6.45, 7) is 2.20. The van der Waals surface area contributed by atoms with Crippen LogP contribution in [-0.4, -0.2) is 28.8 Å². The molecule has 5 nitrogen and oxygen atoms in total. The van der Waals surface area contributed by atoms with Crippen LogP contribution in [0.15, 0.2) is 36.5 Å². The zero-order valence-electron chi connectivity index (χ0n) is 11.1. The zero-order chi connectivity index (χ0) is 14.4. The monoisotopic (exact) mass is 277 g/mol. The number of para-hydroxylation sites is 1. The van der Waals surface area contributed by atoms with E-state index in [1.54, 1.807) is 24.3 Å². The van der Waals surface area contributed by atoms with E-state index >= 15 is 0 Å². The maximum atomic E-state index is 13.5. The lowest BCUT2D eigenvalue weighted by Crippen LogP contribution is -2.35. The number of benzene rings is 1. The third-order valence-electron chi connectivity index (χ3n) is 2.82. The standard InChI is InChI=1S/C14H16FN3O2/c1-2-10(20-13-6-4-3-5-11(13)15)9-16-14(19)12-7-8-17-18-12/h3-8,10H,2,9H2,1H3,(H,16,19)(H,17,18)/t10-/m0/s1. The Morgan fingerprint density at radius 2 is 2.25 bits per heavy atom. The van der Waals surface area contributed by atoms with E-state index in [0.717, 1.165) is 0 Å². The number of H-pyrrole nitrogens is 1. The number of aromatic nitrogens is 2. The van der Waals surface area contributed by atoms with Gasteiger partial charge in [0.2, 0.25) is 0 Å². The van der Waals surface area contributed by atoms with Crippen molar-refractivity contribution in [2.45, 2.75) is 19.4 Å². The quantitative estimate of drug-likeness (QED) is 0.850. The molecule has 0 radical (unpaired) electrons. The predicted molar refractivity (Wildman–Crippen MR) is 72.0 cm³/mol. The van der Waals surface area contributed by atoms with Crippen LogP contribution in [-0.2, 0) is 0 Å². The molecule has 0 aliphatic heterocycles. The largest absolute Gasteiger partial charge is 0.486 e. The van der Waals surface area contributed by atoms with E-state index in [0.29, 0.717) is 18.7 Å². The van der Waals surface area contributed by atoms with E-state index in [9.17, 15) is 9.18 Å². The number of carbonyl (C=O) groups excluding carboxylic acids is 1. The first kappa shape index (κ1) is 14.0. The van der Waals surface area contributed by atoms with Crippen LogP contribution in [0.4, 0.5) is 4.39 Å². The number of hydrogen-bond donors (Lipinski definition) is 2. The Labute approximate surface area is 116 Å². The Kier molecular flexibility index (Phi) is 4.70. The summed E-state index contributed by atoms with van der Waals surface area (Å²) in [4.78, 5) is 11.7. The number of rotatable bonds is 6. The van der Waals surface area contributed by atoms with Crippen molar-refractivity contribution in [1.29, 1.82) is 0 Å². The van der Waals surface area contributed by atoms with Crippen molar-refractivity contribution in [1.82, 2.24) is 15.5 Å². The molecule has 0 saturated carbocycles. The Bertz CT molecular complexity index is 557. The van der Waals surface area contributed by atoms with Gasteiger partial charge in [-0.15, -0.1) is 0 Å². The van der Waals surface area contributed by atoms with Gasteiger partial charge in [0.25, 0.3) is 5.91 Å². The highest BCUT2D eigenvalue weighted by Crippen LogP contribution is 2.17. The number of nitrogens with one attached hydrogen (secondary N) is 2. The smallest absolute Gasteiger partial charge is 0.269 e. The molecular formula is C14H16FN3O2. The molecule has 0 aliphatic carbocycles. The number of amides is 1. The van der Waals surface area contributed by atoms with Gasteiger partial charge < -0.3 is 10.1 Å². The highest BCUT2D eigenvalue weighted by atomic mass is 19.1. The topological polar surface area (TPSA) is 67.0 Å². The van der Waals surface area contributed by atoms with Gasteiger partial charge in [-0.3, -0.25) is 9.89 Å². The molecule has 1 aromatic heterocycles. The maximum Gasteiger partial charge on any atom is 0.269 e. The average molecular weight is 277 g/mol.